The zero-order valence-electron chi connectivity index (χ0n) is 22.6. The molecule has 4 aromatic rings. The third-order valence-corrected chi connectivity index (χ3v) is 9.78. The van der Waals surface area contributed by atoms with Crippen LogP contribution in [-0.2, 0) is 24.8 Å². The number of carbonyl (C=O) groups excluding carboxylic acids is 1. The number of nitrogens with zero attached hydrogens (tertiary/aromatic N) is 1. The van der Waals surface area contributed by atoms with Gasteiger partial charge in [0.05, 0.1) is 21.2 Å². The van der Waals surface area contributed by atoms with Crippen molar-refractivity contribution in [1.29, 1.82) is 0 Å². The SMILES string of the molecule is Cc1ccc(Cl)cc1NS(=O)(=O)c1ccc(NC(=O)CN(c2ccc(F)cc2)S(=O)(=O)c2ccc3c(c2)OCCO3)cc1. The minimum atomic E-state index is -4.33. The Hall–Kier alpha value is -4.33. The lowest BCUT2D eigenvalue weighted by Crippen LogP contribution is -2.38. The van der Waals surface area contributed by atoms with Crippen LogP contribution in [0.3, 0.4) is 0 Å². The van der Waals surface area contributed by atoms with E-state index in [1.165, 1.54) is 60.7 Å². The number of sulfonamides is 2. The Balaban J connectivity index is 1.35. The van der Waals surface area contributed by atoms with E-state index >= 15 is 0 Å². The molecule has 4 aromatic carbocycles. The number of ether oxygens (including phenoxy) is 2. The highest BCUT2D eigenvalue weighted by atomic mass is 35.5. The second-order valence-corrected chi connectivity index (χ2v) is 13.4. The Morgan fingerprint density at radius 1 is 0.860 bits per heavy atom. The van der Waals surface area contributed by atoms with Gasteiger partial charge in [-0.05, 0) is 85.3 Å². The second kappa shape index (κ2) is 12.1. The van der Waals surface area contributed by atoms with Gasteiger partial charge in [-0.25, -0.2) is 21.2 Å². The standard InChI is InChI=1S/C29H25ClFN3O7S2/c1-19-2-3-20(30)16-26(19)33-42(36,37)24-10-6-22(7-11-24)32-29(35)18-34(23-8-4-21(31)5-9-23)43(38,39)25-12-13-27-28(17-25)41-15-14-40-27/h2-13,16-17,33H,14-15,18H2,1H3,(H,32,35). The number of amides is 1. The zero-order valence-corrected chi connectivity index (χ0v) is 25.0. The van der Waals surface area contributed by atoms with Crippen LogP contribution in [0.1, 0.15) is 5.56 Å². The molecule has 10 nitrogen and oxygen atoms in total. The highest BCUT2D eigenvalue weighted by Crippen LogP contribution is 2.34. The molecular weight excluding hydrogens is 621 g/mol. The van der Waals surface area contributed by atoms with Crippen molar-refractivity contribution in [2.75, 3.05) is 34.1 Å². The summed E-state index contributed by atoms with van der Waals surface area (Å²) in [5.74, 6) is -0.681. The van der Waals surface area contributed by atoms with Crippen molar-refractivity contribution in [2.45, 2.75) is 16.7 Å². The van der Waals surface area contributed by atoms with Gasteiger partial charge in [0, 0.05) is 16.8 Å². The summed E-state index contributed by atoms with van der Waals surface area (Å²) in [5, 5.41) is 2.94. The number of rotatable bonds is 9. The maximum Gasteiger partial charge on any atom is 0.264 e. The maximum absolute atomic E-state index is 13.7. The molecule has 0 fully saturated rings. The van der Waals surface area contributed by atoms with Crippen LogP contribution in [0.2, 0.25) is 5.02 Å². The van der Waals surface area contributed by atoms with Crippen LogP contribution in [0.25, 0.3) is 0 Å². The summed E-state index contributed by atoms with van der Waals surface area (Å²) < 4.78 is 81.2. The molecule has 0 aliphatic carbocycles. The summed E-state index contributed by atoms with van der Waals surface area (Å²) in [6.07, 6.45) is 0. The fraction of sp³-hybridized carbons (Fsp3) is 0.138. The summed E-state index contributed by atoms with van der Waals surface area (Å²) >= 11 is 5.99. The Morgan fingerprint density at radius 3 is 2.21 bits per heavy atom. The van der Waals surface area contributed by atoms with E-state index in [1.807, 2.05) is 0 Å². The molecule has 2 N–H and O–H groups in total. The highest BCUT2D eigenvalue weighted by Gasteiger charge is 2.29. The van der Waals surface area contributed by atoms with Gasteiger partial charge < -0.3 is 14.8 Å². The van der Waals surface area contributed by atoms with Crippen molar-refractivity contribution >= 4 is 54.6 Å². The summed E-state index contributed by atoms with van der Waals surface area (Å²) in [6, 6.07) is 18.9. The van der Waals surface area contributed by atoms with Crippen LogP contribution in [0.5, 0.6) is 11.5 Å². The molecule has 0 saturated carbocycles. The van der Waals surface area contributed by atoms with Crippen LogP contribution in [0.15, 0.2) is 94.7 Å². The average Bonchev–Trinajstić information content (AvgIpc) is 2.98. The monoisotopic (exact) mass is 645 g/mol. The fourth-order valence-corrected chi connectivity index (χ4v) is 6.92. The summed E-state index contributed by atoms with van der Waals surface area (Å²) in [4.78, 5) is 12.9. The van der Waals surface area contributed by atoms with Gasteiger partial charge in [0.25, 0.3) is 20.0 Å². The van der Waals surface area contributed by atoms with Crippen LogP contribution in [-0.4, -0.2) is 42.5 Å². The molecule has 5 rings (SSSR count). The molecule has 1 amide bonds. The maximum atomic E-state index is 13.7. The second-order valence-electron chi connectivity index (χ2n) is 9.43. The molecule has 1 heterocycles. The first-order valence-corrected chi connectivity index (χ1v) is 16.1. The van der Waals surface area contributed by atoms with Gasteiger partial charge in [0.1, 0.15) is 25.6 Å². The molecule has 0 radical (unpaired) electrons. The number of carbonyl (C=O) groups is 1. The first kappa shape index (κ1) is 30.1. The fourth-order valence-electron chi connectivity index (χ4n) is 4.19. The molecule has 0 aromatic heterocycles. The van der Waals surface area contributed by atoms with E-state index in [4.69, 9.17) is 21.1 Å². The first-order chi connectivity index (χ1) is 20.4. The van der Waals surface area contributed by atoms with Crippen molar-refractivity contribution in [2.24, 2.45) is 0 Å². The number of fused-ring (bicyclic) bond motifs is 1. The predicted molar refractivity (Wildman–Crippen MR) is 160 cm³/mol. The number of nitrogens with one attached hydrogen (secondary N) is 2. The molecule has 0 spiro atoms. The summed E-state index contributed by atoms with van der Waals surface area (Å²) in [6.45, 7) is 1.64. The first-order valence-electron chi connectivity index (χ1n) is 12.8. The zero-order chi connectivity index (χ0) is 30.8. The number of benzene rings is 4. The lowest BCUT2D eigenvalue weighted by molar-refractivity contribution is -0.114. The van der Waals surface area contributed by atoms with E-state index < -0.39 is 38.3 Å². The number of aryl methyl sites for hydroxylation is 1. The predicted octanol–water partition coefficient (Wildman–Crippen LogP) is 5.19. The topological polar surface area (TPSA) is 131 Å². The van der Waals surface area contributed by atoms with Gasteiger partial charge in [-0.2, -0.15) is 0 Å². The number of anilines is 3. The Kier molecular flexibility index (Phi) is 8.49. The lowest BCUT2D eigenvalue weighted by atomic mass is 10.2. The van der Waals surface area contributed by atoms with Gasteiger partial charge in [-0.1, -0.05) is 17.7 Å². The average molecular weight is 646 g/mol. The molecule has 1 aliphatic rings. The largest absolute Gasteiger partial charge is 0.486 e. The number of hydrogen-bond donors (Lipinski definition) is 2. The van der Waals surface area contributed by atoms with Gasteiger partial charge in [-0.3, -0.25) is 13.8 Å². The van der Waals surface area contributed by atoms with E-state index in [2.05, 4.69) is 10.0 Å². The Morgan fingerprint density at radius 2 is 1.51 bits per heavy atom. The third-order valence-electron chi connectivity index (χ3n) is 6.40. The Labute approximate surface area is 253 Å². The highest BCUT2D eigenvalue weighted by molar-refractivity contribution is 7.93. The number of halogens is 2. The van der Waals surface area contributed by atoms with Gasteiger partial charge in [0.2, 0.25) is 5.91 Å². The minimum absolute atomic E-state index is 0.0512. The molecule has 0 unspecified atom stereocenters. The molecule has 0 saturated heterocycles. The third kappa shape index (κ3) is 6.85. The van der Waals surface area contributed by atoms with Gasteiger partial charge in [0.15, 0.2) is 11.5 Å². The van der Waals surface area contributed by atoms with Gasteiger partial charge in [-0.15, -0.1) is 0 Å². The molecular formula is C29H25ClFN3O7S2. The van der Waals surface area contributed by atoms with Crippen molar-refractivity contribution in [1.82, 2.24) is 0 Å². The van der Waals surface area contributed by atoms with Crippen LogP contribution in [0, 0.1) is 12.7 Å². The molecule has 14 heteroatoms. The quantitative estimate of drug-likeness (QED) is 0.256. The molecule has 224 valence electrons. The van der Waals surface area contributed by atoms with Crippen molar-refractivity contribution < 1.29 is 35.5 Å². The van der Waals surface area contributed by atoms with E-state index in [0.29, 0.717) is 28.6 Å². The van der Waals surface area contributed by atoms with E-state index in [-0.39, 0.29) is 33.5 Å². The molecule has 43 heavy (non-hydrogen) atoms. The summed E-state index contributed by atoms with van der Waals surface area (Å²) in [5.41, 5.74) is 1.27. The van der Waals surface area contributed by atoms with Crippen molar-refractivity contribution in [3.8, 4) is 11.5 Å². The Bertz CT molecular complexity index is 1890. The summed E-state index contributed by atoms with van der Waals surface area (Å²) in [7, 11) is -8.30. The van der Waals surface area contributed by atoms with E-state index in [0.717, 1.165) is 16.4 Å². The van der Waals surface area contributed by atoms with Crippen LogP contribution < -0.4 is 23.8 Å². The molecule has 0 bridgehead atoms. The smallest absolute Gasteiger partial charge is 0.264 e. The van der Waals surface area contributed by atoms with Gasteiger partial charge >= 0.3 is 0 Å². The molecule has 0 atom stereocenters. The van der Waals surface area contributed by atoms with E-state index in [9.17, 15) is 26.0 Å². The van der Waals surface area contributed by atoms with Crippen LogP contribution in [0.4, 0.5) is 21.5 Å². The minimum Gasteiger partial charge on any atom is -0.486 e. The van der Waals surface area contributed by atoms with Crippen molar-refractivity contribution in [3.63, 3.8) is 0 Å². The normalized spacial score (nSPS) is 12.8. The van der Waals surface area contributed by atoms with E-state index in [1.54, 1.807) is 19.1 Å². The van der Waals surface area contributed by atoms with Crippen LogP contribution >= 0.6 is 11.6 Å². The number of hydrogen-bond acceptors (Lipinski definition) is 7. The lowest BCUT2D eigenvalue weighted by Gasteiger charge is -2.25. The van der Waals surface area contributed by atoms with Crippen molar-refractivity contribution in [3.05, 3.63) is 101 Å². The molecule has 1 aliphatic heterocycles.